The third kappa shape index (κ3) is 4.04. The van der Waals surface area contributed by atoms with E-state index in [1.165, 1.54) is 31.0 Å². The SMILES string of the molecule is CC1CCC(C(C)C)C(OCc2cc(F)ccc2C#N)C1. The summed E-state index contributed by atoms with van der Waals surface area (Å²) < 4.78 is 19.4. The maximum absolute atomic E-state index is 13.4. The van der Waals surface area contributed by atoms with Gasteiger partial charge in [-0.1, -0.05) is 27.2 Å². The fourth-order valence-corrected chi connectivity index (χ4v) is 3.29. The molecular formula is C18H24FNO. The maximum atomic E-state index is 13.4. The molecule has 2 rings (SSSR count). The molecule has 1 aromatic carbocycles. The Kier molecular flexibility index (Phi) is 5.36. The molecule has 21 heavy (non-hydrogen) atoms. The van der Waals surface area contributed by atoms with Crippen LogP contribution in [-0.4, -0.2) is 6.10 Å². The summed E-state index contributed by atoms with van der Waals surface area (Å²) in [6, 6.07) is 6.36. The van der Waals surface area contributed by atoms with Crippen LogP contribution in [0, 0.1) is 34.9 Å². The molecule has 1 aliphatic rings. The molecule has 1 fully saturated rings. The van der Waals surface area contributed by atoms with Gasteiger partial charge in [0.25, 0.3) is 0 Å². The lowest BCUT2D eigenvalue weighted by Gasteiger charge is -2.37. The molecule has 1 aliphatic carbocycles. The van der Waals surface area contributed by atoms with Gasteiger partial charge in [-0.05, 0) is 54.4 Å². The normalized spacial score (nSPS) is 25.8. The van der Waals surface area contributed by atoms with Crippen LogP contribution in [-0.2, 0) is 11.3 Å². The van der Waals surface area contributed by atoms with Gasteiger partial charge >= 0.3 is 0 Å². The molecule has 2 nitrogen and oxygen atoms in total. The highest BCUT2D eigenvalue weighted by Gasteiger charge is 2.31. The molecule has 0 amide bonds. The third-order valence-electron chi connectivity index (χ3n) is 4.60. The van der Waals surface area contributed by atoms with Crippen LogP contribution in [0.3, 0.4) is 0 Å². The minimum Gasteiger partial charge on any atom is -0.373 e. The summed E-state index contributed by atoms with van der Waals surface area (Å²) in [5.41, 5.74) is 1.15. The molecule has 0 aliphatic heterocycles. The van der Waals surface area contributed by atoms with Crippen molar-refractivity contribution in [1.82, 2.24) is 0 Å². The van der Waals surface area contributed by atoms with Gasteiger partial charge in [0.2, 0.25) is 0 Å². The summed E-state index contributed by atoms with van der Waals surface area (Å²) in [7, 11) is 0. The first kappa shape index (κ1) is 16.0. The highest BCUT2D eigenvalue weighted by atomic mass is 19.1. The van der Waals surface area contributed by atoms with E-state index in [0.717, 1.165) is 6.42 Å². The summed E-state index contributed by atoms with van der Waals surface area (Å²) in [5, 5.41) is 9.10. The molecule has 0 saturated heterocycles. The molecule has 0 bridgehead atoms. The molecule has 114 valence electrons. The number of nitriles is 1. The number of ether oxygens (including phenoxy) is 1. The number of rotatable bonds is 4. The second-order valence-corrected chi connectivity index (χ2v) is 6.59. The van der Waals surface area contributed by atoms with Crippen LogP contribution in [0.4, 0.5) is 4.39 Å². The van der Waals surface area contributed by atoms with E-state index in [9.17, 15) is 4.39 Å². The van der Waals surface area contributed by atoms with Crippen molar-refractivity contribution in [2.45, 2.75) is 52.7 Å². The zero-order valence-corrected chi connectivity index (χ0v) is 13.1. The van der Waals surface area contributed by atoms with Crippen molar-refractivity contribution in [1.29, 1.82) is 5.26 Å². The monoisotopic (exact) mass is 289 g/mol. The van der Waals surface area contributed by atoms with E-state index in [-0.39, 0.29) is 11.9 Å². The molecule has 1 saturated carbocycles. The Balaban J connectivity index is 2.07. The van der Waals surface area contributed by atoms with Crippen molar-refractivity contribution in [3.63, 3.8) is 0 Å². The lowest BCUT2D eigenvalue weighted by atomic mass is 9.75. The van der Waals surface area contributed by atoms with Crippen molar-refractivity contribution in [2.24, 2.45) is 17.8 Å². The van der Waals surface area contributed by atoms with E-state index in [1.807, 2.05) is 0 Å². The number of halogens is 1. The lowest BCUT2D eigenvalue weighted by molar-refractivity contribution is -0.0473. The topological polar surface area (TPSA) is 33.0 Å². The number of hydrogen-bond donors (Lipinski definition) is 0. The summed E-state index contributed by atoms with van der Waals surface area (Å²) in [4.78, 5) is 0. The van der Waals surface area contributed by atoms with Crippen molar-refractivity contribution < 1.29 is 9.13 Å². The summed E-state index contributed by atoms with van der Waals surface area (Å²) >= 11 is 0. The summed E-state index contributed by atoms with van der Waals surface area (Å²) in [6.45, 7) is 7.05. The Labute approximate surface area is 126 Å². The van der Waals surface area contributed by atoms with Crippen molar-refractivity contribution in [3.05, 3.63) is 35.1 Å². The average molecular weight is 289 g/mol. The molecule has 3 atom stereocenters. The van der Waals surface area contributed by atoms with Gasteiger partial charge in [-0.3, -0.25) is 0 Å². The van der Waals surface area contributed by atoms with E-state index in [0.29, 0.717) is 35.5 Å². The fourth-order valence-electron chi connectivity index (χ4n) is 3.29. The standard InChI is InChI=1S/C18H24FNO/c1-12(2)17-7-4-13(3)8-18(17)21-11-15-9-16(19)6-5-14(15)10-20/h5-6,9,12-13,17-18H,4,7-8,11H2,1-3H3. The minimum absolute atomic E-state index is 0.212. The first-order valence-electron chi connectivity index (χ1n) is 7.81. The molecule has 0 spiro atoms. The molecule has 3 unspecified atom stereocenters. The number of nitrogens with zero attached hydrogens (tertiary/aromatic N) is 1. The van der Waals surface area contributed by atoms with Gasteiger partial charge in [0.05, 0.1) is 24.3 Å². The van der Waals surface area contributed by atoms with E-state index in [1.54, 1.807) is 0 Å². The Bertz CT molecular complexity index is 520. The second-order valence-electron chi connectivity index (χ2n) is 6.59. The number of benzene rings is 1. The first-order valence-corrected chi connectivity index (χ1v) is 7.81. The third-order valence-corrected chi connectivity index (χ3v) is 4.60. The van der Waals surface area contributed by atoms with Crippen molar-refractivity contribution in [3.8, 4) is 6.07 Å². The average Bonchev–Trinajstić information content (AvgIpc) is 2.45. The van der Waals surface area contributed by atoms with E-state index < -0.39 is 0 Å². The summed E-state index contributed by atoms with van der Waals surface area (Å²) in [5.74, 6) is 1.50. The highest BCUT2D eigenvalue weighted by molar-refractivity contribution is 5.37. The van der Waals surface area contributed by atoms with Gasteiger partial charge in [0.15, 0.2) is 0 Å². The minimum atomic E-state index is -0.315. The van der Waals surface area contributed by atoms with E-state index >= 15 is 0 Å². The van der Waals surface area contributed by atoms with Gasteiger partial charge < -0.3 is 4.74 Å². The molecular weight excluding hydrogens is 265 g/mol. The first-order chi connectivity index (χ1) is 10.0. The molecule has 0 heterocycles. The second kappa shape index (κ2) is 7.04. The largest absolute Gasteiger partial charge is 0.373 e. The Hall–Kier alpha value is -1.40. The highest BCUT2D eigenvalue weighted by Crippen LogP contribution is 2.35. The van der Waals surface area contributed by atoms with Crippen LogP contribution < -0.4 is 0 Å². The zero-order chi connectivity index (χ0) is 15.4. The smallest absolute Gasteiger partial charge is 0.123 e. The lowest BCUT2D eigenvalue weighted by Crippen LogP contribution is -2.34. The van der Waals surface area contributed by atoms with E-state index in [4.69, 9.17) is 10.00 Å². The van der Waals surface area contributed by atoms with Crippen LogP contribution in [0.2, 0.25) is 0 Å². The summed E-state index contributed by atoms with van der Waals surface area (Å²) in [6.07, 6.45) is 3.72. The van der Waals surface area contributed by atoms with Crippen LogP contribution >= 0.6 is 0 Å². The van der Waals surface area contributed by atoms with Gasteiger partial charge in [-0.15, -0.1) is 0 Å². The Morgan fingerprint density at radius 2 is 2.14 bits per heavy atom. The zero-order valence-electron chi connectivity index (χ0n) is 13.1. The van der Waals surface area contributed by atoms with E-state index in [2.05, 4.69) is 26.8 Å². The molecule has 1 aromatic rings. The van der Waals surface area contributed by atoms with Crippen LogP contribution in [0.15, 0.2) is 18.2 Å². The van der Waals surface area contributed by atoms with Crippen LogP contribution in [0.5, 0.6) is 0 Å². The molecule has 0 N–H and O–H groups in total. The van der Waals surface area contributed by atoms with Crippen LogP contribution in [0.1, 0.15) is 51.2 Å². The van der Waals surface area contributed by atoms with Gasteiger partial charge in [0.1, 0.15) is 5.82 Å². The quantitative estimate of drug-likeness (QED) is 0.806. The van der Waals surface area contributed by atoms with Gasteiger partial charge in [0, 0.05) is 0 Å². The van der Waals surface area contributed by atoms with Crippen molar-refractivity contribution >= 4 is 0 Å². The fraction of sp³-hybridized carbons (Fsp3) is 0.611. The van der Waals surface area contributed by atoms with Gasteiger partial charge in [-0.2, -0.15) is 5.26 Å². The molecule has 0 radical (unpaired) electrons. The molecule has 3 heteroatoms. The number of hydrogen-bond acceptors (Lipinski definition) is 2. The molecule has 0 aromatic heterocycles. The predicted octanol–water partition coefficient (Wildman–Crippen LogP) is 4.67. The maximum Gasteiger partial charge on any atom is 0.123 e. The predicted molar refractivity (Wildman–Crippen MR) is 81.0 cm³/mol. The van der Waals surface area contributed by atoms with Gasteiger partial charge in [-0.25, -0.2) is 4.39 Å². The van der Waals surface area contributed by atoms with Crippen molar-refractivity contribution in [2.75, 3.05) is 0 Å². The van der Waals surface area contributed by atoms with Crippen LogP contribution in [0.25, 0.3) is 0 Å². The Morgan fingerprint density at radius 1 is 1.38 bits per heavy atom. The Morgan fingerprint density at radius 3 is 2.81 bits per heavy atom.